The van der Waals surface area contributed by atoms with Gasteiger partial charge in [-0.25, -0.2) is 4.79 Å². The third kappa shape index (κ3) is 7.03. The van der Waals surface area contributed by atoms with Crippen molar-refractivity contribution in [3.8, 4) is 0 Å². The third-order valence-corrected chi connectivity index (χ3v) is 7.26. The van der Waals surface area contributed by atoms with E-state index in [-0.39, 0.29) is 18.6 Å². The highest BCUT2D eigenvalue weighted by Crippen LogP contribution is 2.41. The summed E-state index contributed by atoms with van der Waals surface area (Å²) in [4.78, 5) is 22.9. The fourth-order valence-corrected chi connectivity index (χ4v) is 5.25. The van der Waals surface area contributed by atoms with E-state index in [0.717, 1.165) is 43.4 Å². The van der Waals surface area contributed by atoms with Gasteiger partial charge in [-0.05, 0) is 60.9 Å². The van der Waals surface area contributed by atoms with Gasteiger partial charge in [-0.3, -0.25) is 9.88 Å². The Balaban J connectivity index is 1.38. The van der Waals surface area contributed by atoms with E-state index in [1.807, 2.05) is 19.1 Å². The lowest BCUT2D eigenvalue weighted by Gasteiger charge is -2.37. The number of halogens is 3. The van der Waals surface area contributed by atoms with Crippen LogP contribution in [0.4, 0.5) is 18.0 Å². The minimum atomic E-state index is -4.41. The van der Waals surface area contributed by atoms with Crippen LogP contribution in [-0.4, -0.2) is 46.1 Å². The molecule has 1 aliphatic carbocycles. The lowest BCUT2D eigenvalue weighted by molar-refractivity contribution is -0.138. The van der Waals surface area contributed by atoms with Crippen molar-refractivity contribution in [2.75, 3.05) is 13.1 Å². The molecule has 4 rings (SSSR count). The van der Waals surface area contributed by atoms with Crippen molar-refractivity contribution >= 4 is 11.9 Å². The number of pyridine rings is 1. The zero-order valence-electron chi connectivity index (χ0n) is 21.8. The molecule has 38 heavy (non-hydrogen) atoms. The normalized spacial score (nSPS) is 17.8. The first-order valence-corrected chi connectivity index (χ1v) is 13.1. The lowest BCUT2D eigenvalue weighted by atomic mass is 9.81. The van der Waals surface area contributed by atoms with E-state index in [2.05, 4.69) is 10.1 Å². The highest BCUT2D eigenvalue weighted by atomic mass is 19.4. The molecule has 0 amide bonds. The van der Waals surface area contributed by atoms with Crippen LogP contribution in [0.3, 0.4) is 0 Å². The summed E-state index contributed by atoms with van der Waals surface area (Å²) in [7, 11) is 0. The van der Waals surface area contributed by atoms with Crippen LogP contribution in [0.1, 0.15) is 85.5 Å². The van der Waals surface area contributed by atoms with E-state index in [4.69, 9.17) is 19.7 Å². The first kappa shape index (κ1) is 27.9. The first-order valence-electron chi connectivity index (χ1n) is 13.1. The number of hydrogen-bond acceptors (Lipinski definition) is 6. The van der Waals surface area contributed by atoms with Gasteiger partial charge in [0.25, 0.3) is 0 Å². The van der Waals surface area contributed by atoms with E-state index in [1.165, 1.54) is 6.07 Å². The summed E-state index contributed by atoms with van der Waals surface area (Å²) in [5, 5.41) is 12.8. The molecule has 1 saturated carbocycles. The molecule has 2 fully saturated rings. The second kappa shape index (κ2) is 12.1. The third-order valence-electron chi connectivity index (χ3n) is 7.26. The van der Waals surface area contributed by atoms with Gasteiger partial charge in [0.1, 0.15) is 18.4 Å². The molecule has 0 unspecified atom stereocenters. The number of aromatic nitrogens is 1. The molecule has 1 aromatic heterocycles. The zero-order valence-corrected chi connectivity index (χ0v) is 21.8. The number of benzene rings is 1. The van der Waals surface area contributed by atoms with E-state index in [0.29, 0.717) is 48.6 Å². The van der Waals surface area contributed by atoms with Gasteiger partial charge in [0.05, 0.1) is 11.3 Å². The molecule has 2 aromatic rings. The van der Waals surface area contributed by atoms with Crippen LogP contribution in [0, 0.1) is 0 Å². The van der Waals surface area contributed by atoms with Crippen LogP contribution >= 0.6 is 0 Å². The van der Waals surface area contributed by atoms with Gasteiger partial charge in [-0.1, -0.05) is 49.5 Å². The number of aryl methyl sites for hydroxylation is 1. The fraction of sp³-hybridized carbons (Fsp3) is 0.536. The molecule has 1 saturated heterocycles. The Morgan fingerprint density at radius 1 is 1.16 bits per heavy atom. The lowest BCUT2D eigenvalue weighted by Crippen LogP contribution is -2.52. The van der Waals surface area contributed by atoms with E-state index < -0.39 is 17.9 Å². The van der Waals surface area contributed by atoms with Gasteiger partial charge >= 0.3 is 12.3 Å². The predicted molar refractivity (Wildman–Crippen MR) is 136 cm³/mol. The van der Waals surface area contributed by atoms with Gasteiger partial charge in [-0.15, -0.1) is 0 Å². The Labute approximate surface area is 220 Å². The zero-order chi connectivity index (χ0) is 27.3. The smallest absolute Gasteiger partial charge is 0.450 e. The van der Waals surface area contributed by atoms with Gasteiger partial charge in [-0.2, -0.15) is 13.2 Å². The molecular weight excluding hydrogens is 499 g/mol. The van der Waals surface area contributed by atoms with Crippen LogP contribution in [0.25, 0.3) is 0 Å². The Morgan fingerprint density at radius 2 is 1.89 bits per heavy atom. The quantitative estimate of drug-likeness (QED) is 0.224. The maximum absolute atomic E-state index is 13.8. The van der Waals surface area contributed by atoms with Crippen molar-refractivity contribution in [2.24, 2.45) is 5.16 Å². The molecule has 206 valence electrons. The van der Waals surface area contributed by atoms with Crippen LogP contribution in [0.5, 0.6) is 0 Å². The molecule has 1 aliphatic heterocycles. The molecule has 1 aromatic carbocycles. The van der Waals surface area contributed by atoms with Crippen molar-refractivity contribution in [3.63, 3.8) is 0 Å². The van der Waals surface area contributed by atoms with Crippen LogP contribution in [0.2, 0.25) is 0 Å². The largest absolute Gasteiger partial charge is 0.506 e. The maximum Gasteiger partial charge on any atom is 0.506 e. The van der Waals surface area contributed by atoms with E-state index in [9.17, 15) is 18.0 Å². The van der Waals surface area contributed by atoms with Crippen LogP contribution in [-0.2, 0) is 35.3 Å². The first-order chi connectivity index (χ1) is 18.1. The summed E-state index contributed by atoms with van der Waals surface area (Å²) in [6.07, 6.45) is -0.653. The molecule has 2 aliphatic rings. The Hall–Kier alpha value is -3.14. The van der Waals surface area contributed by atoms with E-state index >= 15 is 0 Å². The second-order valence-corrected chi connectivity index (χ2v) is 10.1. The van der Waals surface area contributed by atoms with Gasteiger partial charge in [0.2, 0.25) is 0 Å². The summed E-state index contributed by atoms with van der Waals surface area (Å²) in [6.45, 7) is 5.41. The molecule has 1 N–H and O–H groups in total. The summed E-state index contributed by atoms with van der Waals surface area (Å²) < 4.78 is 46.2. The van der Waals surface area contributed by atoms with Crippen molar-refractivity contribution < 1.29 is 32.6 Å². The summed E-state index contributed by atoms with van der Waals surface area (Å²) in [6, 6.07) is 8.30. The number of ether oxygens (including phenoxy) is 1. The van der Waals surface area contributed by atoms with Crippen LogP contribution in [0.15, 0.2) is 35.5 Å². The maximum atomic E-state index is 13.8. The Kier molecular flexibility index (Phi) is 8.91. The number of hydrogen-bond donors (Lipinski definition) is 1. The molecule has 0 spiro atoms. The van der Waals surface area contributed by atoms with Gasteiger partial charge in [0, 0.05) is 25.3 Å². The number of rotatable bonds is 9. The topological polar surface area (TPSA) is 84.3 Å². The molecule has 7 nitrogen and oxygen atoms in total. The van der Waals surface area contributed by atoms with Gasteiger partial charge < -0.3 is 14.7 Å². The van der Waals surface area contributed by atoms with Crippen molar-refractivity contribution in [3.05, 3.63) is 64.0 Å². The molecule has 2 heterocycles. The highest BCUT2D eigenvalue weighted by Gasteiger charge is 2.36. The SMILES string of the molecule is CCc1nc(C(C)=NOCc2ccc(C3CCCCC3)c(C(F)(F)F)c2)ccc1CN1CC(OC(=O)O)C1. The number of carbonyl (C=O) groups is 1. The number of likely N-dealkylation sites (tertiary alicyclic amines) is 1. The predicted octanol–water partition coefficient (Wildman–Crippen LogP) is 6.53. The summed E-state index contributed by atoms with van der Waals surface area (Å²) in [5.41, 5.74) is 3.33. The Morgan fingerprint density at radius 3 is 2.55 bits per heavy atom. The monoisotopic (exact) mass is 533 g/mol. The molecule has 0 atom stereocenters. The minimum Gasteiger partial charge on any atom is -0.450 e. The Bertz CT molecular complexity index is 1160. The highest BCUT2D eigenvalue weighted by molar-refractivity contribution is 5.96. The minimum absolute atomic E-state index is 0.0435. The number of nitrogens with zero attached hydrogens (tertiary/aromatic N) is 3. The van der Waals surface area contributed by atoms with Crippen LogP contribution < -0.4 is 0 Å². The van der Waals surface area contributed by atoms with Crippen molar-refractivity contribution in [2.45, 2.75) is 83.7 Å². The fourth-order valence-electron chi connectivity index (χ4n) is 5.25. The number of oxime groups is 1. The molecular formula is C28H34F3N3O4. The summed E-state index contributed by atoms with van der Waals surface area (Å²) >= 11 is 0. The molecule has 10 heteroatoms. The second-order valence-electron chi connectivity index (χ2n) is 10.1. The summed E-state index contributed by atoms with van der Waals surface area (Å²) in [5.74, 6) is -0.0435. The van der Waals surface area contributed by atoms with E-state index in [1.54, 1.807) is 19.1 Å². The number of carboxylic acid groups (broad SMARTS) is 1. The average Bonchev–Trinajstić information content (AvgIpc) is 2.87. The van der Waals surface area contributed by atoms with Crippen molar-refractivity contribution in [1.82, 2.24) is 9.88 Å². The molecule has 0 bridgehead atoms. The van der Waals surface area contributed by atoms with Crippen molar-refractivity contribution in [1.29, 1.82) is 0 Å². The average molecular weight is 534 g/mol. The van der Waals surface area contributed by atoms with Gasteiger partial charge in [0.15, 0.2) is 0 Å². The standard InChI is InChI=1S/C28H34F3N3O4/c1-3-25-21(14-34-15-22(16-34)38-27(35)36)10-12-26(32-25)18(2)33-37-17-19-9-11-23(20-7-5-4-6-8-20)24(13-19)28(29,30)31/h9-13,20,22H,3-8,14-17H2,1-2H3,(H,35,36). The number of alkyl halides is 3. The molecule has 0 radical (unpaired) electrons.